The van der Waals surface area contributed by atoms with Gasteiger partial charge in [-0.3, -0.25) is 18.7 Å². The number of carbonyl (C=O) groups is 1. The Hall–Kier alpha value is -3.56. The summed E-state index contributed by atoms with van der Waals surface area (Å²) in [4.78, 5) is 20.3. The Morgan fingerprint density at radius 2 is 1.88 bits per heavy atom. The maximum atomic E-state index is 13.4. The van der Waals surface area contributed by atoms with Gasteiger partial charge in [0.2, 0.25) is 5.91 Å². The Bertz CT molecular complexity index is 1550. The lowest BCUT2D eigenvalue weighted by molar-refractivity contribution is -0.115. The number of piperidine rings is 1. The zero-order valence-corrected chi connectivity index (χ0v) is 24.6. The molecule has 3 heterocycles. The van der Waals surface area contributed by atoms with Gasteiger partial charge in [0, 0.05) is 27.9 Å². The number of amides is 1. The quantitative estimate of drug-likeness (QED) is 0.314. The molecule has 1 N–H and O–H groups in total. The Labute approximate surface area is 238 Å². The van der Waals surface area contributed by atoms with Crippen molar-refractivity contribution in [2.24, 2.45) is 0 Å². The molecule has 1 atom stereocenters. The Kier molecular flexibility index (Phi) is 8.05. The van der Waals surface area contributed by atoms with Crippen LogP contribution in [0.25, 0.3) is 10.9 Å². The highest BCUT2D eigenvalue weighted by Crippen LogP contribution is 2.33. The van der Waals surface area contributed by atoms with Gasteiger partial charge < -0.3 is 15.0 Å². The van der Waals surface area contributed by atoms with E-state index in [4.69, 9.17) is 4.74 Å². The number of benzene rings is 2. The van der Waals surface area contributed by atoms with Gasteiger partial charge in [-0.15, -0.1) is 0 Å². The van der Waals surface area contributed by atoms with Crippen LogP contribution >= 0.6 is 0 Å². The first-order chi connectivity index (χ1) is 19.1. The van der Waals surface area contributed by atoms with Gasteiger partial charge in [0.15, 0.2) is 0 Å². The minimum absolute atomic E-state index is 0.105. The van der Waals surface area contributed by atoms with Crippen LogP contribution in [-0.4, -0.2) is 55.2 Å². The fourth-order valence-corrected chi connectivity index (χ4v) is 6.36. The van der Waals surface area contributed by atoms with Crippen LogP contribution < -0.4 is 10.1 Å². The normalized spacial score (nSPS) is 15.7. The number of anilines is 1. The molecule has 210 valence electrons. The second-order valence-corrected chi connectivity index (χ2v) is 13.3. The highest BCUT2D eigenvalue weighted by Gasteiger charge is 2.24. The van der Waals surface area contributed by atoms with Crippen LogP contribution in [0.2, 0.25) is 0 Å². The van der Waals surface area contributed by atoms with E-state index in [1.54, 1.807) is 12.4 Å². The van der Waals surface area contributed by atoms with Gasteiger partial charge in [-0.1, -0.05) is 12.1 Å². The number of nitrogens with one attached hydrogen (secondary N) is 1. The van der Waals surface area contributed by atoms with E-state index in [1.165, 1.54) is 0 Å². The zero-order chi connectivity index (χ0) is 28.4. The van der Waals surface area contributed by atoms with Crippen LogP contribution in [0.3, 0.4) is 0 Å². The van der Waals surface area contributed by atoms with Gasteiger partial charge in [0.05, 0.1) is 40.2 Å². The Balaban J connectivity index is 1.29. The average Bonchev–Trinajstić information content (AvgIpc) is 3.39. The number of nitrogens with zero attached hydrogens (tertiary/aromatic N) is 4. The summed E-state index contributed by atoms with van der Waals surface area (Å²) in [5, 5.41) is 8.26. The maximum absolute atomic E-state index is 13.4. The molecular formula is C31H37N5O3S. The molecule has 0 saturated carbocycles. The van der Waals surface area contributed by atoms with E-state index < -0.39 is 10.8 Å². The smallest absolute Gasteiger partial charge is 0.228 e. The largest absolute Gasteiger partial charge is 0.456 e. The van der Waals surface area contributed by atoms with Gasteiger partial charge in [-0.2, -0.15) is 5.10 Å². The highest BCUT2D eigenvalue weighted by molar-refractivity contribution is 7.85. The monoisotopic (exact) mass is 559 g/mol. The first-order valence-corrected chi connectivity index (χ1v) is 14.9. The molecule has 9 heteroatoms. The van der Waals surface area contributed by atoms with Gasteiger partial charge in [0.25, 0.3) is 0 Å². The summed E-state index contributed by atoms with van der Waals surface area (Å²) < 4.78 is 21.5. The van der Waals surface area contributed by atoms with Crippen molar-refractivity contribution in [3.63, 3.8) is 0 Å². The molecular weight excluding hydrogens is 522 g/mol. The fourth-order valence-electron chi connectivity index (χ4n) is 4.90. The first kappa shape index (κ1) is 28.0. The molecule has 1 aliphatic rings. The van der Waals surface area contributed by atoms with Gasteiger partial charge in [-0.05, 0) is 102 Å². The molecule has 1 saturated heterocycles. The molecule has 4 aromatic rings. The predicted molar refractivity (Wildman–Crippen MR) is 159 cm³/mol. The van der Waals surface area contributed by atoms with Gasteiger partial charge in [0.1, 0.15) is 11.5 Å². The van der Waals surface area contributed by atoms with Crippen molar-refractivity contribution < 1.29 is 13.7 Å². The number of ether oxygens (including phenoxy) is 1. The Morgan fingerprint density at radius 1 is 1.10 bits per heavy atom. The number of carbonyl (C=O) groups excluding carboxylic acids is 1. The van der Waals surface area contributed by atoms with E-state index in [2.05, 4.69) is 48.1 Å². The molecule has 1 amide bonds. The summed E-state index contributed by atoms with van der Waals surface area (Å²) in [6.45, 7) is 10.1. The minimum Gasteiger partial charge on any atom is -0.456 e. The number of hydrogen-bond donors (Lipinski definition) is 1. The van der Waals surface area contributed by atoms with Crippen LogP contribution in [0.1, 0.15) is 44.7 Å². The van der Waals surface area contributed by atoms with Gasteiger partial charge >= 0.3 is 0 Å². The van der Waals surface area contributed by atoms with Crippen LogP contribution in [0.15, 0.2) is 66.0 Å². The number of likely N-dealkylation sites (tertiary alicyclic amines) is 1. The second kappa shape index (κ2) is 11.5. The predicted octanol–water partition coefficient (Wildman–Crippen LogP) is 5.67. The lowest BCUT2D eigenvalue weighted by Gasteiger charge is -2.28. The van der Waals surface area contributed by atoms with Gasteiger partial charge in [-0.25, -0.2) is 0 Å². The number of fused-ring (bicyclic) bond motifs is 1. The molecule has 1 aliphatic heterocycles. The number of aryl methyl sites for hydroxylation is 1. The van der Waals surface area contributed by atoms with E-state index in [1.807, 2.05) is 60.3 Å². The molecule has 0 bridgehead atoms. The van der Waals surface area contributed by atoms with Crippen molar-refractivity contribution in [2.75, 3.05) is 25.5 Å². The summed E-state index contributed by atoms with van der Waals surface area (Å²) in [7, 11) is 1.03. The van der Waals surface area contributed by atoms with Crippen molar-refractivity contribution in [3.8, 4) is 11.5 Å². The summed E-state index contributed by atoms with van der Waals surface area (Å²) in [5.41, 5.74) is 3.13. The van der Waals surface area contributed by atoms with E-state index in [-0.39, 0.29) is 23.1 Å². The first-order valence-electron chi connectivity index (χ1n) is 13.7. The molecule has 5 rings (SSSR count). The minimum atomic E-state index is -1.08. The third-order valence-corrected chi connectivity index (χ3v) is 9.05. The summed E-state index contributed by atoms with van der Waals surface area (Å²) in [6.07, 6.45) is 7.34. The Morgan fingerprint density at radius 3 is 2.58 bits per heavy atom. The van der Waals surface area contributed by atoms with Crippen molar-refractivity contribution in [1.82, 2.24) is 19.7 Å². The lowest BCUT2D eigenvalue weighted by atomic mass is 10.1. The van der Waals surface area contributed by atoms with Crippen molar-refractivity contribution in [2.45, 2.75) is 62.6 Å². The van der Waals surface area contributed by atoms with E-state index in [0.717, 1.165) is 52.9 Å². The second-order valence-electron chi connectivity index (χ2n) is 11.6. The molecule has 2 aromatic heterocycles. The topological polar surface area (TPSA) is 89.4 Å². The standard InChI is InChI=1S/C31H37N5O3S/c1-21-16-22(17-30(37)34-23-19-33-36(20-23)31(2,3)4)6-9-28(21)39-29-10-13-32-27-8-7-25(18-26(27)29)40(38)24-11-14-35(5)15-12-24/h6-10,13,16,18-20,24H,11-12,14-15,17H2,1-5H3,(H,34,37). The van der Waals surface area contributed by atoms with Crippen LogP contribution in [0.5, 0.6) is 11.5 Å². The molecule has 1 fully saturated rings. The number of hydrogen-bond acceptors (Lipinski definition) is 6. The zero-order valence-electron chi connectivity index (χ0n) is 23.8. The molecule has 8 nitrogen and oxygen atoms in total. The third kappa shape index (κ3) is 6.42. The molecule has 40 heavy (non-hydrogen) atoms. The van der Waals surface area contributed by atoms with E-state index in [0.29, 0.717) is 17.2 Å². The summed E-state index contributed by atoms with van der Waals surface area (Å²) >= 11 is 0. The molecule has 0 aliphatic carbocycles. The average molecular weight is 560 g/mol. The SMILES string of the molecule is Cc1cc(CC(=O)Nc2cnn(C(C)(C)C)c2)ccc1Oc1ccnc2ccc(S(=O)C3CCN(C)CC3)cc12. The molecule has 0 spiro atoms. The number of aromatic nitrogens is 3. The van der Waals surface area contributed by atoms with Crippen molar-refractivity contribution >= 4 is 33.3 Å². The van der Waals surface area contributed by atoms with E-state index >= 15 is 0 Å². The van der Waals surface area contributed by atoms with Crippen molar-refractivity contribution in [3.05, 3.63) is 72.2 Å². The fraction of sp³-hybridized carbons (Fsp3) is 0.387. The van der Waals surface area contributed by atoms with Crippen LogP contribution in [0, 0.1) is 6.92 Å². The molecule has 2 aromatic carbocycles. The third-order valence-electron chi connectivity index (χ3n) is 7.25. The lowest BCUT2D eigenvalue weighted by Crippen LogP contribution is -2.34. The number of pyridine rings is 1. The van der Waals surface area contributed by atoms with Crippen LogP contribution in [0.4, 0.5) is 5.69 Å². The summed E-state index contributed by atoms with van der Waals surface area (Å²) in [5.74, 6) is 1.26. The molecule has 1 unspecified atom stereocenters. The van der Waals surface area contributed by atoms with Crippen molar-refractivity contribution in [1.29, 1.82) is 0 Å². The highest BCUT2D eigenvalue weighted by atomic mass is 32.2. The molecule has 0 radical (unpaired) electrons. The van der Waals surface area contributed by atoms with Crippen LogP contribution in [-0.2, 0) is 27.6 Å². The van der Waals surface area contributed by atoms with E-state index in [9.17, 15) is 9.00 Å². The maximum Gasteiger partial charge on any atom is 0.228 e. The summed E-state index contributed by atoms with van der Waals surface area (Å²) in [6, 6.07) is 13.4. The number of rotatable bonds is 7.